The Hall–Kier alpha value is -1.14. The molecule has 0 aliphatic heterocycles. The van der Waals surface area contributed by atoms with Gasteiger partial charge in [-0.1, -0.05) is 0 Å². The molecule has 4 atom stereocenters. The highest BCUT2D eigenvalue weighted by Gasteiger charge is 2.61. The third kappa shape index (κ3) is 1.99. The number of carboxylic acids is 2. The minimum atomic E-state index is -1.38. The van der Waals surface area contributed by atoms with Crippen LogP contribution in [-0.2, 0) is 19.1 Å². The third-order valence-corrected chi connectivity index (χ3v) is 4.40. The summed E-state index contributed by atoms with van der Waals surface area (Å²) in [7, 11) is 2.95. The van der Waals surface area contributed by atoms with Crippen molar-refractivity contribution in [1.29, 1.82) is 0 Å². The molecule has 1 fully saturated rings. The molecule has 0 heterocycles. The maximum atomic E-state index is 11.5. The van der Waals surface area contributed by atoms with Gasteiger partial charge in [0.1, 0.15) is 0 Å². The molecule has 0 bridgehead atoms. The minimum Gasteiger partial charge on any atom is -0.481 e. The van der Waals surface area contributed by atoms with Crippen molar-refractivity contribution in [2.45, 2.75) is 38.9 Å². The predicted molar refractivity (Wildman–Crippen MR) is 62.3 cm³/mol. The first-order chi connectivity index (χ1) is 8.22. The molecule has 0 radical (unpaired) electrons. The fraction of sp³-hybridized carbons (Fsp3) is 0.833. The zero-order chi connectivity index (χ0) is 14.1. The lowest BCUT2D eigenvalue weighted by molar-refractivity contribution is -0.194. The molecule has 104 valence electrons. The van der Waals surface area contributed by atoms with Gasteiger partial charge in [-0.2, -0.15) is 0 Å². The van der Waals surface area contributed by atoms with Crippen LogP contribution in [-0.4, -0.2) is 48.6 Å². The number of ether oxygens (including phenoxy) is 2. The van der Waals surface area contributed by atoms with E-state index in [1.807, 2.05) is 0 Å². The van der Waals surface area contributed by atoms with Gasteiger partial charge in [-0.25, -0.2) is 0 Å². The standard InChI is InChI=1S/C12H20O6/c1-11(9(13)14)5-7(17-3)8(18-4)6-12(11,2)10(15)16/h7-8H,5-6H2,1-4H3,(H,13,14)(H,15,16)/t7-,8+,11-,12+. The zero-order valence-electron chi connectivity index (χ0n) is 11.1. The SMILES string of the molecule is CO[C@H]1C[C@@](C)(C(=O)O)[C@@](C)(C(=O)O)C[C@H]1OC. The summed E-state index contributed by atoms with van der Waals surface area (Å²) in [5, 5.41) is 18.8. The third-order valence-electron chi connectivity index (χ3n) is 4.40. The highest BCUT2D eigenvalue weighted by atomic mass is 16.5. The zero-order valence-corrected chi connectivity index (χ0v) is 11.1. The van der Waals surface area contributed by atoms with Gasteiger partial charge >= 0.3 is 11.9 Å². The van der Waals surface area contributed by atoms with E-state index in [0.29, 0.717) is 0 Å². The van der Waals surface area contributed by atoms with Crippen LogP contribution in [0.1, 0.15) is 26.7 Å². The molecular formula is C12H20O6. The van der Waals surface area contributed by atoms with Gasteiger partial charge in [0.05, 0.1) is 23.0 Å². The second-order valence-corrected chi connectivity index (χ2v) is 5.23. The van der Waals surface area contributed by atoms with Crippen LogP contribution >= 0.6 is 0 Å². The second kappa shape index (κ2) is 4.85. The number of carboxylic acid groups (broad SMARTS) is 2. The Bertz CT molecular complexity index is 320. The van der Waals surface area contributed by atoms with E-state index in [4.69, 9.17) is 9.47 Å². The lowest BCUT2D eigenvalue weighted by Crippen LogP contribution is -2.58. The van der Waals surface area contributed by atoms with Gasteiger partial charge in [0.25, 0.3) is 0 Å². The maximum Gasteiger partial charge on any atom is 0.310 e. The van der Waals surface area contributed by atoms with E-state index in [2.05, 4.69) is 0 Å². The van der Waals surface area contributed by atoms with E-state index in [1.54, 1.807) is 0 Å². The quantitative estimate of drug-likeness (QED) is 0.783. The first kappa shape index (κ1) is 14.9. The number of hydrogen-bond acceptors (Lipinski definition) is 4. The summed E-state index contributed by atoms with van der Waals surface area (Å²) in [6.45, 7) is 2.92. The van der Waals surface area contributed by atoms with Gasteiger partial charge in [-0.05, 0) is 26.7 Å². The van der Waals surface area contributed by atoms with Gasteiger partial charge in [0.2, 0.25) is 0 Å². The topological polar surface area (TPSA) is 93.1 Å². The van der Waals surface area contributed by atoms with Crippen molar-refractivity contribution in [2.75, 3.05) is 14.2 Å². The van der Waals surface area contributed by atoms with Crippen molar-refractivity contribution in [3.05, 3.63) is 0 Å². The molecule has 1 saturated carbocycles. The molecule has 2 N–H and O–H groups in total. The second-order valence-electron chi connectivity index (χ2n) is 5.23. The monoisotopic (exact) mass is 260 g/mol. The Morgan fingerprint density at radius 1 is 0.944 bits per heavy atom. The molecule has 6 heteroatoms. The Balaban J connectivity index is 3.22. The predicted octanol–water partition coefficient (Wildman–Crippen LogP) is 0.992. The summed E-state index contributed by atoms with van der Waals surface area (Å²) < 4.78 is 10.5. The largest absolute Gasteiger partial charge is 0.481 e. The summed E-state index contributed by atoms with van der Waals surface area (Å²) in [6.07, 6.45) is -0.604. The smallest absolute Gasteiger partial charge is 0.310 e. The Morgan fingerprint density at radius 3 is 1.39 bits per heavy atom. The van der Waals surface area contributed by atoms with E-state index in [0.717, 1.165) is 0 Å². The fourth-order valence-corrected chi connectivity index (χ4v) is 2.64. The van der Waals surface area contributed by atoms with E-state index >= 15 is 0 Å². The number of carbonyl (C=O) groups is 2. The minimum absolute atomic E-state index is 0.111. The van der Waals surface area contributed by atoms with Gasteiger partial charge in [0, 0.05) is 14.2 Å². The van der Waals surface area contributed by atoms with E-state index in [9.17, 15) is 19.8 Å². The molecule has 0 aromatic rings. The van der Waals surface area contributed by atoms with Gasteiger partial charge < -0.3 is 19.7 Å². The lowest BCUT2D eigenvalue weighted by atomic mass is 9.56. The summed E-state index contributed by atoms with van der Waals surface area (Å²) in [5.41, 5.74) is -2.76. The van der Waals surface area contributed by atoms with Crippen molar-refractivity contribution < 1.29 is 29.3 Å². The molecule has 1 aliphatic rings. The molecule has 0 amide bonds. The van der Waals surface area contributed by atoms with E-state index in [1.165, 1.54) is 28.1 Å². The Kier molecular flexibility index (Phi) is 4.02. The number of methoxy groups -OCH3 is 2. The molecule has 0 aromatic carbocycles. The highest BCUT2D eigenvalue weighted by Crippen LogP contribution is 2.52. The van der Waals surface area contributed by atoms with Crippen molar-refractivity contribution in [2.24, 2.45) is 10.8 Å². The van der Waals surface area contributed by atoms with E-state index < -0.39 is 35.0 Å². The Morgan fingerprint density at radius 2 is 1.22 bits per heavy atom. The lowest BCUT2D eigenvalue weighted by Gasteiger charge is -2.49. The summed E-state index contributed by atoms with van der Waals surface area (Å²) in [4.78, 5) is 23.0. The molecular weight excluding hydrogens is 240 g/mol. The van der Waals surface area contributed by atoms with Crippen LogP contribution < -0.4 is 0 Å². The van der Waals surface area contributed by atoms with E-state index in [-0.39, 0.29) is 12.8 Å². The number of aliphatic carboxylic acids is 2. The van der Waals surface area contributed by atoms with Crippen LogP contribution in [0.15, 0.2) is 0 Å². The number of hydrogen-bond donors (Lipinski definition) is 2. The first-order valence-electron chi connectivity index (χ1n) is 5.75. The van der Waals surface area contributed by atoms with Crippen LogP contribution in [0.25, 0.3) is 0 Å². The first-order valence-corrected chi connectivity index (χ1v) is 5.75. The molecule has 1 aliphatic carbocycles. The average molecular weight is 260 g/mol. The number of rotatable bonds is 4. The molecule has 6 nitrogen and oxygen atoms in total. The van der Waals surface area contributed by atoms with Crippen LogP contribution in [0, 0.1) is 10.8 Å². The van der Waals surface area contributed by atoms with Crippen molar-refractivity contribution in [3.8, 4) is 0 Å². The molecule has 1 rings (SSSR count). The molecule has 0 aromatic heterocycles. The van der Waals surface area contributed by atoms with Crippen LogP contribution in [0.2, 0.25) is 0 Å². The van der Waals surface area contributed by atoms with Crippen molar-refractivity contribution in [1.82, 2.24) is 0 Å². The normalized spacial score (nSPS) is 40.4. The maximum absolute atomic E-state index is 11.5. The highest BCUT2D eigenvalue weighted by molar-refractivity contribution is 5.86. The molecule has 0 unspecified atom stereocenters. The van der Waals surface area contributed by atoms with Gasteiger partial charge in [-0.3, -0.25) is 9.59 Å². The summed E-state index contributed by atoms with van der Waals surface area (Å²) in [6, 6.07) is 0. The van der Waals surface area contributed by atoms with Gasteiger partial charge in [-0.15, -0.1) is 0 Å². The summed E-state index contributed by atoms with van der Waals surface area (Å²) >= 11 is 0. The molecule has 0 spiro atoms. The summed E-state index contributed by atoms with van der Waals surface area (Å²) in [5.74, 6) is -2.24. The van der Waals surface area contributed by atoms with Crippen molar-refractivity contribution in [3.63, 3.8) is 0 Å². The Labute approximate surface area is 106 Å². The van der Waals surface area contributed by atoms with Crippen molar-refractivity contribution >= 4 is 11.9 Å². The fourth-order valence-electron chi connectivity index (χ4n) is 2.64. The van der Waals surface area contributed by atoms with Gasteiger partial charge in [0.15, 0.2) is 0 Å². The van der Waals surface area contributed by atoms with Crippen LogP contribution in [0.4, 0.5) is 0 Å². The average Bonchev–Trinajstić information content (AvgIpc) is 2.31. The van der Waals surface area contributed by atoms with Crippen LogP contribution in [0.3, 0.4) is 0 Å². The van der Waals surface area contributed by atoms with Crippen LogP contribution in [0.5, 0.6) is 0 Å². The molecule has 0 saturated heterocycles. The molecule has 18 heavy (non-hydrogen) atoms.